The Morgan fingerprint density at radius 2 is 1.88 bits per heavy atom. The van der Waals surface area contributed by atoms with Crippen LogP contribution in [0, 0.1) is 13.8 Å². The predicted octanol–water partition coefficient (Wildman–Crippen LogP) is 5.77. The summed E-state index contributed by atoms with van der Waals surface area (Å²) < 4.78 is 5.82. The number of aryl methyl sites for hydroxylation is 2. The fourth-order valence-electron chi connectivity index (χ4n) is 2.77. The highest BCUT2D eigenvalue weighted by Gasteiger charge is 2.07. The first-order valence-electron chi connectivity index (χ1n) is 8.06. The molecule has 0 aliphatic carbocycles. The monoisotopic (exact) mass is 315 g/mol. The van der Waals surface area contributed by atoms with Crippen LogP contribution in [0.5, 0.6) is 5.75 Å². The number of hydrogen-bond donors (Lipinski definition) is 0. The zero-order chi connectivity index (χ0) is 16.9. The normalized spacial score (nSPS) is 11.1. The predicted molar refractivity (Wildman–Crippen MR) is 103 cm³/mol. The fourth-order valence-corrected chi connectivity index (χ4v) is 2.77. The molecule has 24 heavy (non-hydrogen) atoms. The van der Waals surface area contributed by atoms with E-state index >= 15 is 0 Å². The van der Waals surface area contributed by atoms with Crippen molar-refractivity contribution in [2.24, 2.45) is 4.99 Å². The fraction of sp³-hybridized carbons (Fsp3) is 0.136. The van der Waals surface area contributed by atoms with Crippen molar-refractivity contribution in [3.05, 3.63) is 83.9 Å². The Labute approximate surface area is 143 Å². The van der Waals surface area contributed by atoms with E-state index < -0.39 is 0 Å². The van der Waals surface area contributed by atoms with E-state index in [4.69, 9.17) is 9.73 Å². The third-order valence-electron chi connectivity index (χ3n) is 3.97. The van der Waals surface area contributed by atoms with Gasteiger partial charge in [0.15, 0.2) is 0 Å². The molecule has 0 atom stereocenters. The number of fused-ring (bicyclic) bond motifs is 1. The van der Waals surface area contributed by atoms with E-state index in [9.17, 15) is 0 Å². The average molecular weight is 315 g/mol. The zero-order valence-electron chi connectivity index (χ0n) is 14.1. The van der Waals surface area contributed by atoms with E-state index in [1.807, 2.05) is 24.4 Å². The molecule has 3 aromatic carbocycles. The van der Waals surface area contributed by atoms with Crippen LogP contribution in [-0.2, 0) is 0 Å². The number of benzene rings is 3. The van der Waals surface area contributed by atoms with Crippen molar-refractivity contribution in [1.82, 2.24) is 0 Å². The van der Waals surface area contributed by atoms with Crippen LogP contribution in [0.3, 0.4) is 0 Å². The lowest BCUT2D eigenvalue weighted by Gasteiger charge is -2.10. The largest absolute Gasteiger partial charge is 0.489 e. The molecule has 2 heteroatoms. The Bertz CT molecular complexity index is 909. The van der Waals surface area contributed by atoms with Crippen molar-refractivity contribution in [1.29, 1.82) is 0 Å². The first-order valence-corrected chi connectivity index (χ1v) is 8.06. The Balaban J connectivity index is 2.08. The summed E-state index contributed by atoms with van der Waals surface area (Å²) >= 11 is 0. The van der Waals surface area contributed by atoms with E-state index in [0.717, 1.165) is 22.4 Å². The second kappa shape index (κ2) is 7.14. The molecule has 0 fully saturated rings. The lowest BCUT2D eigenvalue weighted by atomic mass is 10.0. The van der Waals surface area contributed by atoms with Gasteiger partial charge in [-0.25, -0.2) is 0 Å². The standard InChI is InChI=1S/C22H21NO/c1-4-13-24-22-12-10-18-7-5-6-8-19(18)20(22)15-23-21-11-9-16(2)14-17(21)3/h4-12,14-15H,1,13H2,2-3H3. The van der Waals surface area contributed by atoms with Gasteiger partial charge in [-0.05, 0) is 42.3 Å². The van der Waals surface area contributed by atoms with Gasteiger partial charge in [-0.2, -0.15) is 0 Å². The Morgan fingerprint density at radius 3 is 2.67 bits per heavy atom. The molecule has 0 aliphatic rings. The second-order valence-corrected chi connectivity index (χ2v) is 5.85. The van der Waals surface area contributed by atoms with Crippen LogP contribution >= 0.6 is 0 Å². The Morgan fingerprint density at radius 1 is 1.04 bits per heavy atom. The smallest absolute Gasteiger partial charge is 0.129 e. The molecular formula is C22H21NO. The second-order valence-electron chi connectivity index (χ2n) is 5.85. The summed E-state index contributed by atoms with van der Waals surface area (Å²) in [5.74, 6) is 0.821. The van der Waals surface area contributed by atoms with E-state index in [-0.39, 0.29) is 0 Å². The highest BCUT2D eigenvalue weighted by molar-refractivity contribution is 6.03. The SMILES string of the molecule is C=CCOc1ccc2ccccc2c1C=Nc1ccc(C)cc1C. The van der Waals surface area contributed by atoms with Crippen molar-refractivity contribution >= 4 is 22.7 Å². The summed E-state index contributed by atoms with van der Waals surface area (Å²) in [6.45, 7) is 8.37. The summed E-state index contributed by atoms with van der Waals surface area (Å²) in [7, 11) is 0. The lowest BCUT2D eigenvalue weighted by molar-refractivity contribution is 0.363. The minimum absolute atomic E-state index is 0.475. The molecule has 0 unspecified atom stereocenters. The van der Waals surface area contributed by atoms with Gasteiger partial charge < -0.3 is 4.74 Å². The van der Waals surface area contributed by atoms with Crippen molar-refractivity contribution in [3.8, 4) is 5.75 Å². The van der Waals surface area contributed by atoms with Crippen LogP contribution < -0.4 is 4.74 Å². The molecule has 3 rings (SSSR count). The van der Waals surface area contributed by atoms with Crippen LogP contribution in [0.4, 0.5) is 5.69 Å². The third kappa shape index (κ3) is 3.38. The number of aliphatic imine (C=N–C) groups is 1. The molecule has 120 valence electrons. The van der Waals surface area contributed by atoms with Crippen molar-refractivity contribution in [2.75, 3.05) is 6.61 Å². The van der Waals surface area contributed by atoms with Gasteiger partial charge in [0, 0.05) is 11.8 Å². The molecule has 0 amide bonds. The first-order chi connectivity index (χ1) is 11.7. The van der Waals surface area contributed by atoms with E-state index in [1.54, 1.807) is 6.08 Å². The van der Waals surface area contributed by atoms with Crippen molar-refractivity contribution in [3.63, 3.8) is 0 Å². The maximum atomic E-state index is 5.82. The van der Waals surface area contributed by atoms with Crippen LogP contribution in [0.25, 0.3) is 10.8 Å². The molecule has 0 N–H and O–H groups in total. The summed E-state index contributed by atoms with van der Waals surface area (Å²) in [6.07, 6.45) is 3.65. The highest BCUT2D eigenvalue weighted by Crippen LogP contribution is 2.28. The van der Waals surface area contributed by atoms with Gasteiger partial charge in [0.1, 0.15) is 12.4 Å². The minimum atomic E-state index is 0.475. The van der Waals surface area contributed by atoms with E-state index in [1.165, 1.54) is 16.5 Å². The first kappa shape index (κ1) is 16.0. The molecule has 0 aromatic heterocycles. The molecule has 0 heterocycles. The molecule has 0 saturated heterocycles. The highest BCUT2D eigenvalue weighted by atomic mass is 16.5. The Hall–Kier alpha value is -2.87. The number of ether oxygens (including phenoxy) is 1. The molecular weight excluding hydrogens is 294 g/mol. The summed E-state index contributed by atoms with van der Waals surface area (Å²) in [5.41, 5.74) is 4.38. The average Bonchev–Trinajstić information content (AvgIpc) is 2.59. The number of rotatable bonds is 5. The van der Waals surface area contributed by atoms with Gasteiger partial charge >= 0.3 is 0 Å². The van der Waals surface area contributed by atoms with Gasteiger partial charge in [-0.15, -0.1) is 0 Å². The molecule has 0 saturated carbocycles. The van der Waals surface area contributed by atoms with E-state index in [2.05, 4.69) is 56.8 Å². The van der Waals surface area contributed by atoms with Gasteiger partial charge in [0.25, 0.3) is 0 Å². The summed E-state index contributed by atoms with van der Waals surface area (Å²) in [6, 6.07) is 18.6. The lowest BCUT2D eigenvalue weighted by Crippen LogP contribution is -1.98. The van der Waals surface area contributed by atoms with Gasteiger partial charge in [-0.1, -0.05) is 60.7 Å². The molecule has 0 bridgehead atoms. The quantitative estimate of drug-likeness (QED) is 0.432. The van der Waals surface area contributed by atoms with Crippen molar-refractivity contribution in [2.45, 2.75) is 13.8 Å². The molecule has 0 spiro atoms. The van der Waals surface area contributed by atoms with Gasteiger partial charge in [-0.3, -0.25) is 4.99 Å². The Kier molecular flexibility index (Phi) is 4.76. The number of nitrogens with zero attached hydrogens (tertiary/aromatic N) is 1. The van der Waals surface area contributed by atoms with Crippen LogP contribution in [0.1, 0.15) is 16.7 Å². The molecule has 0 radical (unpaired) electrons. The van der Waals surface area contributed by atoms with Crippen LogP contribution in [-0.4, -0.2) is 12.8 Å². The molecule has 3 aromatic rings. The maximum absolute atomic E-state index is 5.82. The summed E-state index contributed by atoms with van der Waals surface area (Å²) in [5, 5.41) is 2.30. The zero-order valence-corrected chi connectivity index (χ0v) is 14.1. The third-order valence-corrected chi connectivity index (χ3v) is 3.97. The number of hydrogen-bond acceptors (Lipinski definition) is 2. The van der Waals surface area contributed by atoms with Crippen LogP contribution in [0.15, 0.2) is 72.2 Å². The van der Waals surface area contributed by atoms with Crippen molar-refractivity contribution < 1.29 is 4.74 Å². The maximum Gasteiger partial charge on any atom is 0.129 e. The van der Waals surface area contributed by atoms with Crippen LogP contribution in [0.2, 0.25) is 0 Å². The molecule has 0 aliphatic heterocycles. The minimum Gasteiger partial charge on any atom is -0.489 e. The van der Waals surface area contributed by atoms with Gasteiger partial charge in [0.05, 0.1) is 5.69 Å². The van der Waals surface area contributed by atoms with Gasteiger partial charge in [0.2, 0.25) is 0 Å². The van der Waals surface area contributed by atoms with E-state index in [0.29, 0.717) is 6.61 Å². The molecule has 2 nitrogen and oxygen atoms in total. The topological polar surface area (TPSA) is 21.6 Å². The summed E-state index contributed by atoms with van der Waals surface area (Å²) in [4.78, 5) is 4.71.